The van der Waals surface area contributed by atoms with Gasteiger partial charge in [-0.25, -0.2) is 4.79 Å². The maximum Gasteiger partial charge on any atom is 0.343 e. The molecule has 0 bridgehead atoms. The lowest BCUT2D eigenvalue weighted by Crippen LogP contribution is -2.46. The third-order valence-electron chi connectivity index (χ3n) is 8.47. The summed E-state index contributed by atoms with van der Waals surface area (Å²) in [5.74, 6) is 1.04. The minimum Gasteiger partial charge on any atom is -0.493 e. The average Bonchev–Trinajstić information content (AvgIpc) is 3.03. The van der Waals surface area contributed by atoms with Gasteiger partial charge in [-0.05, 0) is 31.2 Å². The lowest BCUT2D eigenvalue weighted by atomic mass is 10.0. The van der Waals surface area contributed by atoms with Gasteiger partial charge in [-0.3, -0.25) is 4.90 Å². The highest BCUT2D eigenvalue weighted by Gasteiger charge is 2.23. The van der Waals surface area contributed by atoms with Crippen LogP contribution in [0.15, 0.2) is 42.5 Å². The molecule has 0 radical (unpaired) electrons. The maximum atomic E-state index is 12.9. The van der Waals surface area contributed by atoms with E-state index >= 15 is 0 Å². The Hall–Kier alpha value is -1.99. The van der Waals surface area contributed by atoms with Crippen LogP contribution < -0.4 is 14.2 Å². The number of carbonyl (C=O) groups excluding carboxylic acids is 1. The Morgan fingerprint density at radius 3 is 1.68 bits per heavy atom. The van der Waals surface area contributed by atoms with Crippen molar-refractivity contribution in [1.29, 1.82) is 0 Å². The highest BCUT2D eigenvalue weighted by Crippen LogP contribution is 2.41. The third-order valence-corrected chi connectivity index (χ3v) is 8.47. The first kappa shape index (κ1) is 40.0. The Labute approximate surface area is 280 Å². The zero-order chi connectivity index (χ0) is 29.8. The molecule has 1 aliphatic heterocycles. The van der Waals surface area contributed by atoms with E-state index in [1.165, 1.54) is 96.4 Å². The van der Waals surface area contributed by atoms with Gasteiger partial charge in [0.15, 0.2) is 11.5 Å². The highest BCUT2D eigenvalue weighted by molar-refractivity contribution is 5.91. The molecule has 2 aromatic rings. The van der Waals surface area contributed by atoms with Gasteiger partial charge in [0, 0.05) is 38.3 Å². The molecule has 0 saturated carbocycles. The van der Waals surface area contributed by atoms with Gasteiger partial charge in [0.05, 0.1) is 19.8 Å². The number of esters is 1. The number of methoxy groups -OCH3 is 2. The smallest absolute Gasteiger partial charge is 0.343 e. The normalized spacial score (nSPS) is 13.5. The minimum absolute atomic E-state index is 0. The van der Waals surface area contributed by atoms with Crippen molar-refractivity contribution in [2.24, 2.45) is 0 Å². The number of carbonyl (C=O) groups is 1. The largest absolute Gasteiger partial charge is 0.493 e. The van der Waals surface area contributed by atoms with Crippen LogP contribution in [-0.2, 0) is 6.54 Å². The molecule has 0 spiro atoms. The van der Waals surface area contributed by atoms with E-state index in [4.69, 9.17) is 14.2 Å². The lowest BCUT2D eigenvalue weighted by molar-refractivity contribution is 0.0723. The van der Waals surface area contributed by atoms with Crippen molar-refractivity contribution < 1.29 is 19.0 Å². The van der Waals surface area contributed by atoms with E-state index in [1.807, 2.05) is 30.3 Å². The first-order chi connectivity index (χ1) is 20.7. The van der Waals surface area contributed by atoms with Crippen molar-refractivity contribution >= 4 is 30.8 Å². The summed E-state index contributed by atoms with van der Waals surface area (Å²) in [6, 6.07) is 12.9. The quantitative estimate of drug-likeness (QED) is 0.0761. The molecule has 0 aliphatic carbocycles. The Morgan fingerprint density at radius 2 is 1.16 bits per heavy atom. The molecule has 8 heteroatoms. The molecular weight excluding hydrogens is 595 g/mol. The topological polar surface area (TPSA) is 51.2 Å². The summed E-state index contributed by atoms with van der Waals surface area (Å²) in [6.45, 7) is 8.33. The molecule has 0 N–H and O–H groups in total. The highest BCUT2D eigenvalue weighted by atomic mass is 35.5. The number of hydrogen-bond acceptors (Lipinski definition) is 6. The van der Waals surface area contributed by atoms with Crippen molar-refractivity contribution in [3.8, 4) is 17.2 Å². The second-order valence-electron chi connectivity index (χ2n) is 11.8. The Kier molecular flexibility index (Phi) is 22.1. The zero-order valence-corrected chi connectivity index (χ0v) is 29.2. The van der Waals surface area contributed by atoms with E-state index in [9.17, 15) is 4.79 Å². The van der Waals surface area contributed by atoms with Gasteiger partial charge in [-0.15, -0.1) is 24.8 Å². The summed E-state index contributed by atoms with van der Waals surface area (Å²) in [5.41, 5.74) is 1.43. The zero-order valence-electron chi connectivity index (χ0n) is 27.5. The van der Waals surface area contributed by atoms with Crippen molar-refractivity contribution in [2.45, 2.75) is 103 Å². The van der Waals surface area contributed by atoms with Crippen LogP contribution in [0.25, 0.3) is 0 Å². The van der Waals surface area contributed by atoms with Crippen molar-refractivity contribution in [1.82, 2.24) is 9.80 Å². The fourth-order valence-electron chi connectivity index (χ4n) is 5.84. The monoisotopic (exact) mass is 652 g/mol. The van der Waals surface area contributed by atoms with E-state index in [1.54, 1.807) is 26.4 Å². The van der Waals surface area contributed by atoms with Gasteiger partial charge >= 0.3 is 5.97 Å². The van der Waals surface area contributed by atoms with Crippen LogP contribution >= 0.6 is 24.8 Å². The van der Waals surface area contributed by atoms with Crippen LogP contribution in [-0.4, -0.2) is 62.7 Å². The van der Waals surface area contributed by atoms with E-state index < -0.39 is 5.97 Å². The van der Waals surface area contributed by atoms with Crippen LogP contribution in [0.2, 0.25) is 0 Å². The molecule has 0 unspecified atom stereocenters. The number of piperazine rings is 1. The fourth-order valence-corrected chi connectivity index (χ4v) is 5.84. The van der Waals surface area contributed by atoms with Gasteiger partial charge in [0.2, 0.25) is 5.75 Å². The van der Waals surface area contributed by atoms with Crippen molar-refractivity contribution in [3.63, 3.8) is 0 Å². The number of ether oxygens (including phenoxy) is 3. The Balaban J connectivity index is 0.00000484. The third kappa shape index (κ3) is 14.4. The first-order valence-electron chi connectivity index (χ1n) is 16.6. The number of rotatable bonds is 21. The Morgan fingerprint density at radius 1 is 0.636 bits per heavy atom. The van der Waals surface area contributed by atoms with Crippen LogP contribution in [0.4, 0.5) is 0 Å². The van der Waals surface area contributed by atoms with Gasteiger partial charge in [-0.2, -0.15) is 0 Å². The fraction of sp³-hybridized carbons (Fsp3) is 0.639. The molecular formula is C36H58Cl2N2O4. The molecule has 1 fully saturated rings. The van der Waals surface area contributed by atoms with E-state index in [2.05, 4.69) is 16.7 Å². The molecule has 250 valence electrons. The standard InChI is InChI=1S/C36H56N2O4.2ClH/c1-4-5-6-7-8-9-10-11-12-13-14-15-16-20-25-37-26-28-38(29-27-37)30-32-23-24-33(40-2)35(41-3)34(32)42-36(39)31-21-18-17-19-22-31;;/h17-19,21-24H,4-16,20,25-30H2,1-3H3;2*1H. The predicted molar refractivity (Wildman–Crippen MR) is 187 cm³/mol. The molecule has 1 heterocycles. The maximum absolute atomic E-state index is 12.9. The second kappa shape index (κ2) is 24.3. The molecule has 2 aromatic carbocycles. The molecule has 1 saturated heterocycles. The number of halogens is 2. The van der Waals surface area contributed by atoms with Crippen LogP contribution in [0.1, 0.15) is 113 Å². The number of nitrogens with zero attached hydrogens (tertiary/aromatic N) is 2. The molecule has 6 nitrogen and oxygen atoms in total. The predicted octanol–water partition coefficient (Wildman–Crippen LogP) is 9.37. The molecule has 1 aliphatic rings. The summed E-state index contributed by atoms with van der Waals surface area (Å²) >= 11 is 0. The first-order valence-corrected chi connectivity index (χ1v) is 16.6. The molecule has 3 rings (SSSR count). The van der Waals surface area contributed by atoms with Crippen molar-refractivity contribution in [2.75, 3.05) is 46.9 Å². The van der Waals surface area contributed by atoms with E-state index in [0.717, 1.165) is 31.7 Å². The van der Waals surface area contributed by atoms with Crippen LogP contribution in [0.5, 0.6) is 17.2 Å². The number of unbranched alkanes of at least 4 members (excludes halogenated alkanes) is 13. The Bertz CT molecular complexity index is 1020. The summed E-state index contributed by atoms with van der Waals surface area (Å²) in [6.07, 6.45) is 19.6. The molecule has 44 heavy (non-hydrogen) atoms. The average molecular weight is 654 g/mol. The minimum atomic E-state index is -0.401. The van der Waals surface area contributed by atoms with Crippen LogP contribution in [0.3, 0.4) is 0 Å². The van der Waals surface area contributed by atoms with Crippen LogP contribution in [0, 0.1) is 0 Å². The molecule has 0 amide bonds. The number of benzene rings is 2. The summed E-state index contributed by atoms with van der Waals surface area (Å²) in [7, 11) is 3.18. The summed E-state index contributed by atoms with van der Waals surface area (Å²) in [4.78, 5) is 17.9. The SMILES string of the molecule is CCCCCCCCCCCCCCCCN1CCN(Cc2ccc(OC)c(OC)c2OC(=O)c2ccccc2)CC1.Cl.Cl. The van der Waals surface area contributed by atoms with Gasteiger partial charge in [0.1, 0.15) is 0 Å². The van der Waals surface area contributed by atoms with E-state index in [-0.39, 0.29) is 24.8 Å². The lowest BCUT2D eigenvalue weighted by Gasteiger charge is -2.35. The van der Waals surface area contributed by atoms with Crippen molar-refractivity contribution in [3.05, 3.63) is 53.6 Å². The molecule has 0 aromatic heterocycles. The van der Waals surface area contributed by atoms with E-state index in [0.29, 0.717) is 29.4 Å². The van der Waals surface area contributed by atoms with Gasteiger partial charge in [0.25, 0.3) is 0 Å². The summed E-state index contributed by atoms with van der Waals surface area (Å²) < 4.78 is 17.0. The van der Waals surface area contributed by atoms with Gasteiger partial charge in [-0.1, -0.05) is 115 Å². The second-order valence-corrected chi connectivity index (χ2v) is 11.8. The summed E-state index contributed by atoms with van der Waals surface area (Å²) in [5, 5.41) is 0. The number of hydrogen-bond donors (Lipinski definition) is 0. The van der Waals surface area contributed by atoms with Gasteiger partial charge < -0.3 is 19.1 Å². The molecule has 0 atom stereocenters.